The van der Waals surface area contributed by atoms with Gasteiger partial charge in [0.25, 0.3) is 0 Å². The van der Waals surface area contributed by atoms with E-state index < -0.39 is 0 Å². The standard InChI is InChI=1S/C7H10ClN2O/c1-4-3-5(2)10(11)7(8)6(4)9/h3,11H,9H2,1-2H3/q+1. The van der Waals surface area contributed by atoms with Gasteiger partial charge in [0.1, 0.15) is 5.69 Å². The average Bonchev–Trinajstić information content (AvgIpc) is 1.97. The molecule has 0 aliphatic rings. The van der Waals surface area contributed by atoms with E-state index in [-0.39, 0.29) is 5.15 Å². The van der Waals surface area contributed by atoms with Crippen molar-refractivity contribution in [3.8, 4) is 0 Å². The first-order valence-electron chi connectivity index (χ1n) is 3.20. The SMILES string of the molecule is Cc1cc(C)[n+](O)c(Cl)c1N. The van der Waals surface area contributed by atoms with Crippen LogP contribution in [0.2, 0.25) is 5.15 Å². The first kappa shape index (κ1) is 8.14. The zero-order valence-corrected chi connectivity index (χ0v) is 7.18. The lowest BCUT2D eigenvalue weighted by atomic mass is 10.2. The summed E-state index contributed by atoms with van der Waals surface area (Å²) in [5, 5.41) is 9.39. The fraction of sp³-hybridized carbons (Fsp3) is 0.286. The molecule has 0 spiro atoms. The number of nitrogen functional groups attached to an aromatic ring is 1. The lowest BCUT2D eigenvalue weighted by molar-refractivity contribution is -0.906. The molecular weight excluding hydrogens is 164 g/mol. The van der Waals surface area contributed by atoms with Crippen molar-refractivity contribution in [1.29, 1.82) is 0 Å². The monoisotopic (exact) mass is 173 g/mol. The second kappa shape index (κ2) is 2.58. The van der Waals surface area contributed by atoms with Gasteiger partial charge >= 0.3 is 5.15 Å². The highest BCUT2D eigenvalue weighted by Crippen LogP contribution is 2.18. The van der Waals surface area contributed by atoms with E-state index in [9.17, 15) is 5.21 Å². The lowest BCUT2D eigenvalue weighted by Crippen LogP contribution is -2.36. The number of nitrogens with two attached hydrogens (primary N) is 1. The molecule has 0 saturated heterocycles. The third-order valence-electron chi connectivity index (χ3n) is 1.59. The number of rotatable bonds is 0. The smallest absolute Gasteiger partial charge is 0.348 e. The highest BCUT2D eigenvalue weighted by atomic mass is 35.5. The van der Waals surface area contributed by atoms with Gasteiger partial charge in [0, 0.05) is 17.7 Å². The molecule has 0 fully saturated rings. The van der Waals surface area contributed by atoms with E-state index in [4.69, 9.17) is 17.3 Å². The minimum Gasteiger partial charge on any atom is -0.392 e. The second-order valence-electron chi connectivity index (χ2n) is 2.49. The largest absolute Gasteiger partial charge is 0.392 e. The van der Waals surface area contributed by atoms with Crippen LogP contribution in [-0.2, 0) is 0 Å². The molecule has 0 unspecified atom stereocenters. The number of hydrogen-bond donors (Lipinski definition) is 2. The number of hydrogen-bond acceptors (Lipinski definition) is 2. The molecule has 3 nitrogen and oxygen atoms in total. The zero-order chi connectivity index (χ0) is 8.59. The van der Waals surface area contributed by atoms with Crippen LogP contribution in [0.15, 0.2) is 6.07 Å². The quantitative estimate of drug-likeness (QED) is 0.350. The Morgan fingerprint density at radius 3 is 2.64 bits per heavy atom. The van der Waals surface area contributed by atoms with Crippen molar-refractivity contribution in [3.05, 3.63) is 22.5 Å². The summed E-state index contributed by atoms with van der Waals surface area (Å²) >= 11 is 5.68. The Bertz CT molecular complexity index is 273. The highest BCUT2D eigenvalue weighted by molar-refractivity contribution is 6.30. The molecule has 0 saturated carbocycles. The van der Waals surface area contributed by atoms with Crippen molar-refractivity contribution in [2.45, 2.75) is 13.8 Å². The van der Waals surface area contributed by atoms with Crippen LogP contribution in [0.3, 0.4) is 0 Å². The van der Waals surface area contributed by atoms with Crippen LogP contribution < -0.4 is 10.5 Å². The maximum absolute atomic E-state index is 9.22. The van der Waals surface area contributed by atoms with Crippen LogP contribution in [0.5, 0.6) is 0 Å². The van der Waals surface area contributed by atoms with Gasteiger partial charge in [-0.15, -0.1) is 0 Å². The number of halogens is 1. The fourth-order valence-electron chi connectivity index (χ4n) is 0.884. The van der Waals surface area contributed by atoms with Crippen LogP contribution in [0.4, 0.5) is 5.69 Å². The Kier molecular flexibility index (Phi) is 1.91. The summed E-state index contributed by atoms with van der Waals surface area (Å²) in [6, 6.07) is 1.77. The van der Waals surface area contributed by atoms with Crippen LogP contribution in [0, 0.1) is 13.8 Å². The van der Waals surface area contributed by atoms with E-state index >= 15 is 0 Å². The molecule has 1 heterocycles. The first-order valence-corrected chi connectivity index (χ1v) is 3.58. The van der Waals surface area contributed by atoms with Crippen molar-refractivity contribution in [2.24, 2.45) is 0 Å². The van der Waals surface area contributed by atoms with Gasteiger partial charge in [0.05, 0.1) is 0 Å². The molecule has 0 radical (unpaired) electrons. The molecule has 11 heavy (non-hydrogen) atoms. The van der Waals surface area contributed by atoms with E-state index in [0.717, 1.165) is 10.3 Å². The van der Waals surface area contributed by atoms with Gasteiger partial charge in [0.2, 0.25) is 5.69 Å². The minimum absolute atomic E-state index is 0.169. The maximum Gasteiger partial charge on any atom is 0.348 e. The summed E-state index contributed by atoms with van der Waals surface area (Å²) < 4.78 is 0.865. The molecule has 4 heteroatoms. The Hall–Kier alpha value is -0.960. The predicted molar refractivity (Wildman–Crippen MR) is 42.7 cm³/mol. The van der Waals surface area contributed by atoms with Gasteiger partial charge < -0.3 is 5.73 Å². The summed E-state index contributed by atoms with van der Waals surface area (Å²) in [6.45, 7) is 3.59. The predicted octanol–water partition coefficient (Wildman–Crippen LogP) is 1.06. The molecular formula is C7H10ClN2O+. The van der Waals surface area contributed by atoms with Crippen molar-refractivity contribution in [3.63, 3.8) is 0 Å². The number of anilines is 1. The van der Waals surface area contributed by atoms with E-state index in [2.05, 4.69) is 0 Å². The number of aryl methyl sites for hydroxylation is 2. The summed E-state index contributed by atoms with van der Waals surface area (Å²) in [6.07, 6.45) is 0. The lowest BCUT2D eigenvalue weighted by Gasteiger charge is -1.99. The zero-order valence-electron chi connectivity index (χ0n) is 6.43. The average molecular weight is 174 g/mol. The number of pyridine rings is 1. The Morgan fingerprint density at radius 2 is 2.09 bits per heavy atom. The molecule has 3 N–H and O–H groups in total. The Labute approximate surface area is 70.0 Å². The maximum atomic E-state index is 9.22. The van der Waals surface area contributed by atoms with Crippen LogP contribution in [-0.4, -0.2) is 5.21 Å². The summed E-state index contributed by atoms with van der Waals surface area (Å²) in [7, 11) is 0. The Balaban J connectivity index is 3.46. The number of aromatic nitrogens is 1. The molecule has 0 atom stereocenters. The van der Waals surface area contributed by atoms with Gasteiger partial charge in [0.15, 0.2) is 0 Å². The van der Waals surface area contributed by atoms with Gasteiger partial charge in [-0.25, -0.2) is 0 Å². The third-order valence-corrected chi connectivity index (χ3v) is 1.96. The molecule has 0 amide bonds. The summed E-state index contributed by atoms with van der Waals surface area (Å²) in [5.41, 5.74) is 7.50. The van der Waals surface area contributed by atoms with Crippen molar-refractivity contribution in [1.82, 2.24) is 0 Å². The second-order valence-corrected chi connectivity index (χ2v) is 2.84. The Morgan fingerprint density at radius 1 is 1.55 bits per heavy atom. The van der Waals surface area contributed by atoms with Crippen molar-refractivity contribution < 1.29 is 9.94 Å². The molecule has 0 aromatic carbocycles. The van der Waals surface area contributed by atoms with E-state index in [0.29, 0.717) is 11.4 Å². The highest BCUT2D eigenvalue weighted by Gasteiger charge is 2.17. The van der Waals surface area contributed by atoms with Crippen molar-refractivity contribution in [2.75, 3.05) is 5.73 Å². The summed E-state index contributed by atoms with van der Waals surface area (Å²) in [4.78, 5) is 0. The molecule has 0 bridgehead atoms. The molecule has 60 valence electrons. The topological polar surface area (TPSA) is 50.1 Å². The van der Waals surface area contributed by atoms with Crippen LogP contribution in [0.1, 0.15) is 11.3 Å². The van der Waals surface area contributed by atoms with E-state index in [1.54, 1.807) is 13.0 Å². The third kappa shape index (κ3) is 1.24. The minimum atomic E-state index is 0.169. The van der Waals surface area contributed by atoms with Crippen LogP contribution in [0.25, 0.3) is 0 Å². The van der Waals surface area contributed by atoms with Crippen molar-refractivity contribution >= 4 is 17.3 Å². The first-order chi connectivity index (χ1) is 5.04. The normalized spacial score (nSPS) is 10.1. The molecule has 0 aliphatic heterocycles. The molecule has 0 aliphatic carbocycles. The van der Waals surface area contributed by atoms with Gasteiger partial charge in [-0.05, 0) is 24.1 Å². The van der Waals surface area contributed by atoms with Gasteiger partial charge in [-0.1, -0.05) is 0 Å². The van der Waals surface area contributed by atoms with Gasteiger partial charge in [-0.3, -0.25) is 5.21 Å². The fourth-order valence-corrected chi connectivity index (χ4v) is 1.17. The molecule has 1 aromatic heterocycles. The van der Waals surface area contributed by atoms with Gasteiger partial charge in [-0.2, -0.15) is 0 Å². The van der Waals surface area contributed by atoms with E-state index in [1.165, 1.54) is 0 Å². The van der Waals surface area contributed by atoms with E-state index in [1.807, 2.05) is 6.92 Å². The molecule has 1 aromatic rings. The van der Waals surface area contributed by atoms with Crippen LogP contribution >= 0.6 is 11.6 Å². The molecule has 1 rings (SSSR count). The summed E-state index contributed by atoms with van der Waals surface area (Å²) in [5.74, 6) is 0. The number of nitrogens with zero attached hydrogens (tertiary/aromatic N) is 1.